The Morgan fingerprint density at radius 1 is 1.23 bits per heavy atom. The second-order valence-electron chi connectivity index (χ2n) is 9.56. The summed E-state index contributed by atoms with van der Waals surface area (Å²) in [7, 11) is 0. The third-order valence-electron chi connectivity index (χ3n) is 5.27. The van der Waals surface area contributed by atoms with Crippen LogP contribution in [0.2, 0.25) is 0 Å². The van der Waals surface area contributed by atoms with Crippen molar-refractivity contribution in [3.05, 3.63) is 52.7 Å². The number of nitrogens with one attached hydrogen (secondary N) is 1. The number of hydrogen-bond acceptors (Lipinski definition) is 7. The van der Waals surface area contributed by atoms with E-state index in [1.54, 1.807) is 35.8 Å². The first kappa shape index (κ1) is 24.0. The molecule has 10 nitrogen and oxygen atoms in total. The molecule has 3 aromatic rings. The highest BCUT2D eigenvalue weighted by atomic mass is 16.5. The van der Waals surface area contributed by atoms with Gasteiger partial charge in [-0.25, -0.2) is 4.98 Å². The number of primary amides is 1. The van der Waals surface area contributed by atoms with Crippen molar-refractivity contribution in [3.63, 3.8) is 0 Å². The number of aromatic nitrogens is 3. The van der Waals surface area contributed by atoms with Crippen molar-refractivity contribution in [2.45, 2.75) is 52.3 Å². The first-order chi connectivity index (χ1) is 16.4. The van der Waals surface area contributed by atoms with Crippen molar-refractivity contribution in [1.29, 1.82) is 0 Å². The van der Waals surface area contributed by atoms with Gasteiger partial charge in [0.25, 0.3) is 11.8 Å². The van der Waals surface area contributed by atoms with Crippen molar-refractivity contribution < 1.29 is 24.0 Å². The van der Waals surface area contributed by atoms with Crippen LogP contribution in [0.3, 0.4) is 0 Å². The largest absolute Gasteiger partial charge is 0.491 e. The summed E-state index contributed by atoms with van der Waals surface area (Å²) in [4.78, 5) is 29.7. The van der Waals surface area contributed by atoms with E-state index in [4.69, 9.17) is 15.0 Å². The molecule has 2 aromatic heterocycles. The molecular weight excluding hydrogens is 450 g/mol. The van der Waals surface area contributed by atoms with Crippen LogP contribution in [0.4, 0.5) is 0 Å². The molecule has 1 aromatic carbocycles. The number of hydrogen-bond donors (Lipinski definition) is 3. The van der Waals surface area contributed by atoms with Crippen molar-refractivity contribution in [1.82, 2.24) is 20.0 Å². The van der Waals surface area contributed by atoms with Gasteiger partial charge in [-0.2, -0.15) is 0 Å². The molecule has 0 unspecified atom stereocenters. The molecule has 1 atom stereocenters. The van der Waals surface area contributed by atoms with Crippen LogP contribution < -0.4 is 15.8 Å². The predicted molar refractivity (Wildman–Crippen MR) is 127 cm³/mol. The summed E-state index contributed by atoms with van der Waals surface area (Å²) < 4.78 is 12.5. The maximum atomic E-state index is 13.1. The number of nitrogens with two attached hydrogens (primary N) is 1. The van der Waals surface area contributed by atoms with Crippen LogP contribution in [-0.2, 0) is 12.1 Å². The fourth-order valence-electron chi connectivity index (χ4n) is 3.69. The van der Waals surface area contributed by atoms with E-state index in [9.17, 15) is 14.7 Å². The fraction of sp³-hybridized carbons (Fsp3) is 0.360. The molecular formula is C25H27N5O5. The summed E-state index contributed by atoms with van der Waals surface area (Å²) in [5.41, 5.74) is 4.90. The summed E-state index contributed by atoms with van der Waals surface area (Å²) in [6.07, 6.45) is 0. The number of rotatable bonds is 3. The Bertz CT molecular complexity index is 1380. The lowest BCUT2D eigenvalue weighted by Gasteiger charge is -2.21. The van der Waals surface area contributed by atoms with Crippen molar-refractivity contribution in [2.75, 3.05) is 6.61 Å². The van der Waals surface area contributed by atoms with Gasteiger partial charge >= 0.3 is 0 Å². The molecule has 0 bridgehead atoms. The number of carbonyl (C=O) groups is 2. The molecule has 1 aliphatic rings. The van der Waals surface area contributed by atoms with Gasteiger partial charge in [-0.1, -0.05) is 17.0 Å². The summed E-state index contributed by atoms with van der Waals surface area (Å²) in [6.45, 7) is 9.32. The molecule has 0 radical (unpaired) electrons. The zero-order valence-electron chi connectivity index (χ0n) is 20.2. The number of fused-ring (bicyclic) bond motifs is 3. The predicted octanol–water partition coefficient (Wildman–Crippen LogP) is 2.13. The molecule has 10 heteroatoms. The maximum Gasteiger partial charge on any atom is 0.270 e. The molecule has 0 fully saturated rings. The summed E-state index contributed by atoms with van der Waals surface area (Å²) >= 11 is 0. The van der Waals surface area contributed by atoms with Gasteiger partial charge in [-0.15, -0.1) is 0 Å². The van der Waals surface area contributed by atoms with Gasteiger partial charge in [-0.3, -0.25) is 9.59 Å². The number of imidazole rings is 1. The Balaban J connectivity index is 1.80. The summed E-state index contributed by atoms with van der Waals surface area (Å²) in [6, 6.07) is 6.83. The van der Waals surface area contributed by atoms with Gasteiger partial charge in [0.05, 0.1) is 12.1 Å². The van der Waals surface area contributed by atoms with E-state index in [2.05, 4.69) is 27.3 Å². The van der Waals surface area contributed by atoms with Crippen LogP contribution in [0, 0.1) is 18.8 Å². The Hall–Kier alpha value is -4.10. The second kappa shape index (κ2) is 8.60. The number of aryl methyl sites for hydroxylation is 1. The van der Waals surface area contributed by atoms with E-state index >= 15 is 0 Å². The molecule has 182 valence electrons. The minimum Gasteiger partial charge on any atom is -0.491 e. The van der Waals surface area contributed by atoms with Crippen LogP contribution in [0.5, 0.6) is 5.75 Å². The number of nitrogens with zero attached hydrogens (tertiary/aromatic N) is 3. The second-order valence-corrected chi connectivity index (χ2v) is 9.56. The lowest BCUT2D eigenvalue weighted by atomic mass is 10.0. The summed E-state index contributed by atoms with van der Waals surface area (Å²) in [5, 5.41) is 17.4. The fourth-order valence-corrected chi connectivity index (χ4v) is 3.69. The van der Waals surface area contributed by atoms with Gasteiger partial charge in [0.2, 0.25) is 0 Å². The zero-order chi connectivity index (χ0) is 25.5. The average Bonchev–Trinajstić information content (AvgIpc) is 3.32. The zero-order valence-corrected chi connectivity index (χ0v) is 20.2. The third kappa shape index (κ3) is 4.90. The van der Waals surface area contributed by atoms with Crippen molar-refractivity contribution >= 4 is 11.8 Å². The Labute approximate surface area is 202 Å². The SMILES string of the molecule is Cc1cc([C@](C)(O)C#Cc2ccc3c(c2)-c2nc(C(N)=O)c(C(=O)NC(C)(C)C)n2CCO3)no1. The maximum absolute atomic E-state index is 13.1. The van der Waals surface area contributed by atoms with E-state index < -0.39 is 23.0 Å². The number of aliphatic hydroxyl groups is 1. The van der Waals surface area contributed by atoms with Crippen LogP contribution in [0.15, 0.2) is 28.8 Å². The first-order valence-electron chi connectivity index (χ1n) is 11.0. The molecule has 0 saturated heterocycles. The van der Waals surface area contributed by atoms with E-state index in [1.807, 2.05) is 20.8 Å². The van der Waals surface area contributed by atoms with Crippen molar-refractivity contribution in [3.8, 4) is 29.0 Å². The molecule has 4 rings (SSSR count). The average molecular weight is 478 g/mol. The molecule has 35 heavy (non-hydrogen) atoms. The lowest BCUT2D eigenvalue weighted by Crippen LogP contribution is -2.42. The number of carbonyl (C=O) groups excluding carboxylic acids is 2. The smallest absolute Gasteiger partial charge is 0.270 e. The molecule has 0 spiro atoms. The quantitative estimate of drug-likeness (QED) is 0.490. The topological polar surface area (TPSA) is 146 Å². The van der Waals surface area contributed by atoms with Gasteiger partial charge in [-0.05, 0) is 52.8 Å². The first-order valence-corrected chi connectivity index (χ1v) is 11.0. The highest BCUT2D eigenvalue weighted by Crippen LogP contribution is 2.34. The van der Waals surface area contributed by atoms with Crippen molar-refractivity contribution in [2.24, 2.45) is 5.73 Å². The monoisotopic (exact) mass is 477 g/mol. The summed E-state index contributed by atoms with van der Waals surface area (Å²) in [5.74, 6) is 5.95. The number of benzene rings is 1. The van der Waals surface area contributed by atoms with Crippen LogP contribution in [0.1, 0.15) is 65.7 Å². The highest BCUT2D eigenvalue weighted by Gasteiger charge is 2.31. The van der Waals surface area contributed by atoms with E-state index in [0.717, 1.165) is 0 Å². The third-order valence-corrected chi connectivity index (χ3v) is 5.27. The molecule has 4 N–H and O–H groups in total. The van der Waals surface area contributed by atoms with E-state index in [-0.39, 0.29) is 18.0 Å². The lowest BCUT2D eigenvalue weighted by molar-refractivity contribution is 0.0896. The van der Waals surface area contributed by atoms with Crippen LogP contribution in [-0.4, -0.2) is 43.8 Å². The standard InChI is InChI=1S/C25H27N5O5/c1-14-12-18(29-35-14)25(5,33)9-8-15-6-7-17-16(13-15)22-27-19(21(26)31)20(30(22)10-11-34-17)23(32)28-24(2,3)4/h6-7,12-13,33H,10-11H2,1-5H3,(H2,26,31)(H,28,32)/t25-/m1/s1. The van der Waals surface area contributed by atoms with Crippen LogP contribution in [0.25, 0.3) is 11.4 Å². The van der Waals surface area contributed by atoms with Gasteiger partial charge in [0, 0.05) is 17.2 Å². The van der Waals surface area contributed by atoms with Crippen LogP contribution >= 0.6 is 0 Å². The molecule has 3 heterocycles. The molecule has 0 saturated carbocycles. The Kier molecular flexibility index (Phi) is 5.90. The highest BCUT2D eigenvalue weighted by molar-refractivity contribution is 6.05. The minimum atomic E-state index is -1.53. The number of ether oxygens (including phenoxy) is 1. The normalized spacial score (nSPS) is 14.3. The van der Waals surface area contributed by atoms with Gasteiger partial charge in [0.1, 0.15) is 35.3 Å². The van der Waals surface area contributed by atoms with Gasteiger partial charge < -0.3 is 30.0 Å². The number of amides is 2. The molecule has 0 aliphatic carbocycles. The molecule has 2 amide bonds. The molecule has 1 aliphatic heterocycles. The van der Waals surface area contributed by atoms with E-state index in [0.29, 0.717) is 40.7 Å². The minimum absolute atomic E-state index is 0.0831. The van der Waals surface area contributed by atoms with Gasteiger partial charge in [0.15, 0.2) is 11.3 Å². The Morgan fingerprint density at radius 2 is 1.97 bits per heavy atom. The van der Waals surface area contributed by atoms with E-state index in [1.165, 1.54) is 6.92 Å². The Morgan fingerprint density at radius 3 is 2.60 bits per heavy atom.